The summed E-state index contributed by atoms with van der Waals surface area (Å²) in [5, 5.41) is 14.9. The number of fused-ring (bicyclic) bond motifs is 1. The number of phenols is 1. The Bertz CT molecular complexity index is 1100. The number of hydrogen-bond donors (Lipinski definition) is 3. The van der Waals surface area contributed by atoms with Gasteiger partial charge in [0.2, 0.25) is 5.56 Å². The van der Waals surface area contributed by atoms with E-state index in [1.165, 1.54) is 6.07 Å². The van der Waals surface area contributed by atoms with E-state index in [1.807, 2.05) is 42.5 Å². The summed E-state index contributed by atoms with van der Waals surface area (Å²) in [4.78, 5) is 22.9. The highest BCUT2D eigenvalue weighted by Gasteiger charge is 2.20. The summed E-state index contributed by atoms with van der Waals surface area (Å²) in [6.07, 6.45) is 5.12. The molecule has 0 aliphatic carbocycles. The highest BCUT2D eigenvalue weighted by molar-refractivity contribution is 5.85. The van der Waals surface area contributed by atoms with Crippen LogP contribution in [0.2, 0.25) is 0 Å². The van der Waals surface area contributed by atoms with Crippen molar-refractivity contribution in [1.82, 2.24) is 15.0 Å². The Kier molecular flexibility index (Phi) is 4.07. The molecule has 3 aromatic heterocycles. The Morgan fingerprint density at radius 3 is 2.65 bits per heavy atom. The third kappa shape index (κ3) is 3.00. The summed E-state index contributed by atoms with van der Waals surface area (Å²) >= 11 is 0. The lowest BCUT2D eigenvalue weighted by atomic mass is 9.97. The monoisotopic (exact) mass is 344 g/mol. The standard InChI is InChI=1S/C20H16N4O2/c25-17-9-7-13-6-8-15(20(26)19(13)24-17)18(14-4-3-10-21-12-14)23-16-5-1-2-11-22-16/h1-12,18,26H,(H,22,23)(H,24,25). The molecule has 0 aliphatic heterocycles. The third-order valence-electron chi connectivity index (χ3n) is 4.19. The van der Waals surface area contributed by atoms with E-state index < -0.39 is 0 Å². The van der Waals surface area contributed by atoms with Crippen LogP contribution in [0, 0.1) is 0 Å². The Morgan fingerprint density at radius 1 is 1.00 bits per heavy atom. The number of H-pyrrole nitrogens is 1. The molecule has 0 amide bonds. The van der Waals surface area contributed by atoms with Gasteiger partial charge < -0.3 is 15.4 Å². The zero-order valence-electron chi connectivity index (χ0n) is 13.8. The van der Waals surface area contributed by atoms with Crippen molar-refractivity contribution >= 4 is 16.7 Å². The first-order valence-corrected chi connectivity index (χ1v) is 8.15. The van der Waals surface area contributed by atoms with Crippen molar-refractivity contribution in [1.29, 1.82) is 0 Å². The first-order valence-electron chi connectivity index (χ1n) is 8.15. The van der Waals surface area contributed by atoms with Crippen LogP contribution in [-0.2, 0) is 0 Å². The number of aromatic hydroxyl groups is 1. The third-order valence-corrected chi connectivity index (χ3v) is 4.19. The number of nitrogens with one attached hydrogen (secondary N) is 2. The molecule has 0 bridgehead atoms. The fourth-order valence-electron chi connectivity index (χ4n) is 2.94. The van der Waals surface area contributed by atoms with Gasteiger partial charge in [-0.1, -0.05) is 24.3 Å². The smallest absolute Gasteiger partial charge is 0.248 e. The minimum atomic E-state index is -0.383. The van der Waals surface area contributed by atoms with Crippen molar-refractivity contribution in [3.05, 3.63) is 94.7 Å². The largest absolute Gasteiger partial charge is 0.505 e. The van der Waals surface area contributed by atoms with Crippen LogP contribution in [0.25, 0.3) is 10.9 Å². The fraction of sp³-hybridized carbons (Fsp3) is 0.0500. The first kappa shape index (κ1) is 15.8. The van der Waals surface area contributed by atoms with Crippen LogP contribution in [0.4, 0.5) is 5.82 Å². The van der Waals surface area contributed by atoms with Crippen LogP contribution < -0.4 is 10.9 Å². The molecular weight excluding hydrogens is 328 g/mol. The topological polar surface area (TPSA) is 90.9 Å². The molecule has 0 fully saturated rings. The second-order valence-electron chi connectivity index (χ2n) is 5.87. The number of pyridine rings is 3. The van der Waals surface area contributed by atoms with Crippen molar-refractivity contribution in [2.45, 2.75) is 6.04 Å². The van der Waals surface area contributed by atoms with Crippen LogP contribution in [0.15, 0.2) is 78.0 Å². The molecule has 1 aromatic carbocycles. The van der Waals surface area contributed by atoms with Gasteiger partial charge in [0, 0.05) is 35.6 Å². The van der Waals surface area contributed by atoms with E-state index in [-0.39, 0.29) is 17.4 Å². The van der Waals surface area contributed by atoms with Crippen molar-refractivity contribution < 1.29 is 5.11 Å². The highest BCUT2D eigenvalue weighted by atomic mass is 16.3. The number of benzene rings is 1. The summed E-state index contributed by atoms with van der Waals surface area (Å²) < 4.78 is 0. The van der Waals surface area contributed by atoms with Gasteiger partial charge in [-0.15, -0.1) is 0 Å². The van der Waals surface area contributed by atoms with Crippen LogP contribution >= 0.6 is 0 Å². The zero-order valence-corrected chi connectivity index (χ0v) is 13.8. The predicted molar refractivity (Wildman–Crippen MR) is 100 cm³/mol. The van der Waals surface area contributed by atoms with Gasteiger partial charge in [0.05, 0.1) is 11.6 Å². The van der Waals surface area contributed by atoms with Crippen LogP contribution in [0.5, 0.6) is 5.75 Å². The van der Waals surface area contributed by atoms with E-state index in [2.05, 4.69) is 20.3 Å². The quantitative estimate of drug-likeness (QED) is 0.529. The molecular formula is C20H16N4O2. The molecule has 6 heteroatoms. The molecule has 3 N–H and O–H groups in total. The van der Waals surface area contributed by atoms with Gasteiger partial charge in [-0.25, -0.2) is 4.98 Å². The first-order chi connectivity index (χ1) is 12.7. The highest BCUT2D eigenvalue weighted by Crippen LogP contribution is 2.35. The maximum Gasteiger partial charge on any atom is 0.248 e. The van der Waals surface area contributed by atoms with Crippen molar-refractivity contribution in [3.63, 3.8) is 0 Å². The molecule has 4 rings (SSSR count). The lowest BCUT2D eigenvalue weighted by Crippen LogP contribution is -2.14. The molecule has 4 aromatic rings. The number of aromatic amines is 1. The number of nitrogens with zero attached hydrogens (tertiary/aromatic N) is 2. The van der Waals surface area contributed by atoms with Gasteiger partial charge in [0.25, 0.3) is 0 Å². The average Bonchev–Trinajstić information content (AvgIpc) is 2.69. The number of rotatable bonds is 4. The molecule has 0 saturated carbocycles. The lowest BCUT2D eigenvalue weighted by molar-refractivity contribution is 0.471. The Hall–Kier alpha value is -3.67. The molecule has 1 unspecified atom stereocenters. The van der Waals surface area contributed by atoms with Gasteiger partial charge in [0.15, 0.2) is 0 Å². The fourth-order valence-corrected chi connectivity index (χ4v) is 2.94. The van der Waals surface area contributed by atoms with Crippen LogP contribution in [0.1, 0.15) is 17.2 Å². The Balaban J connectivity index is 1.87. The molecule has 3 heterocycles. The molecule has 0 spiro atoms. The molecule has 26 heavy (non-hydrogen) atoms. The molecule has 0 radical (unpaired) electrons. The van der Waals surface area contributed by atoms with Gasteiger partial charge in [-0.2, -0.15) is 0 Å². The summed E-state index contributed by atoms with van der Waals surface area (Å²) in [6, 6.07) is 15.8. The van der Waals surface area contributed by atoms with Gasteiger partial charge >= 0.3 is 0 Å². The van der Waals surface area contributed by atoms with Crippen molar-refractivity contribution in [3.8, 4) is 5.75 Å². The minimum absolute atomic E-state index is 0.0254. The zero-order chi connectivity index (χ0) is 17.9. The lowest BCUT2D eigenvalue weighted by Gasteiger charge is -2.21. The second kappa shape index (κ2) is 6.68. The number of hydrogen-bond acceptors (Lipinski definition) is 5. The molecule has 0 aliphatic rings. The normalized spacial score (nSPS) is 12.0. The Morgan fingerprint density at radius 2 is 1.88 bits per heavy atom. The van der Waals surface area contributed by atoms with Gasteiger partial charge in [-0.3, -0.25) is 9.78 Å². The summed E-state index contributed by atoms with van der Waals surface area (Å²) in [6.45, 7) is 0. The number of aromatic nitrogens is 3. The van der Waals surface area contributed by atoms with E-state index in [1.54, 1.807) is 24.7 Å². The molecule has 0 saturated heterocycles. The molecule has 6 nitrogen and oxygen atoms in total. The van der Waals surface area contributed by atoms with E-state index in [0.29, 0.717) is 16.9 Å². The predicted octanol–water partition coefficient (Wildman–Crippen LogP) is 3.23. The molecule has 1 atom stereocenters. The van der Waals surface area contributed by atoms with E-state index >= 15 is 0 Å². The molecule has 128 valence electrons. The maximum atomic E-state index is 11.7. The van der Waals surface area contributed by atoms with Crippen LogP contribution in [0.3, 0.4) is 0 Å². The maximum absolute atomic E-state index is 11.7. The van der Waals surface area contributed by atoms with Gasteiger partial charge in [-0.05, 0) is 29.8 Å². The second-order valence-corrected chi connectivity index (χ2v) is 5.87. The summed E-state index contributed by atoms with van der Waals surface area (Å²) in [5.41, 5.74) is 1.64. The van der Waals surface area contributed by atoms with Gasteiger partial charge in [0.1, 0.15) is 11.6 Å². The van der Waals surface area contributed by atoms with Crippen molar-refractivity contribution in [2.24, 2.45) is 0 Å². The Labute approximate surface area is 149 Å². The average molecular weight is 344 g/mol. The number of anilines is 1. The summed E-state index contributed by atoms with van der Waals surface area (Å²) in [7, 11) is 0. The van der Waals surface area contributed by atoms with Crippen LogP contribution in [-0.4, -0.2) is 20.1 Å². The SMILES string of the molecule is O=c1ccc2ccc(C(Nc3ccccn3)c3cccnc3)c(O)c2[nH]1. The number of phenolic OH excluding ortho intramolecular Hbond substituents is 1. The summed E-state index contributed by atoms with van der Waals surface area (Å²) in [5.74, 6) is 0.694. The van der Waals surface area contributed by atoms with E-state index in [4.69, 9.17) is 0 Å². The van der Waals surface area contributed by atoms with Crippen molar-refractivity contribution in [2.75, 3.05) is 5.32 Å². The minimum Gasteiger partial charge on any atom is -0.505 e. The van der Waals surface area contributed by atoms with E-state index in [9.17, 15) is 9.90 Å². The van der Waals surface area contributed by atoms with E-state index in [0.717, 1.165) is 10.9 Å².